The first-order chi connectivity index (χ1) is 15.4. The molecule has 0 spiro atoms. The molecule has 0 unspecified atom stereocenters. The molecule has 0 aromatic heterocycles. The number of sulfonamides is 1. The van der Waals surface area contributed by atoms with Crippen LogP contribution in [0.1, 0.15) is 19.3 Å². The van der Waals surface area contributed by atoms with Gasteiger partial charge < -0.3 is 19.5 Å². The fourth-order valence-corrected chi connectivity index (χ4v) is 5.11. The minimum Gasteiger partial charge on any atom is -0.485 e. The molecule has 2 aliphatic rings. The highest BCUT2D eigenvalue weighted by molar-refractivity contribution is 7.89. The first kappa shape index (κ1) is 22.1. The van der Waals surface area contributed by atoms with E-state index >= 15 is 0 Å². The van der Waals surface area contributed by atoms with Gasteiger partial charge in [0.15, 0.2) is 18.1 Å². The molecule has 2 aromatic carbocycles. The molecule has 32 heavy (non-hydrogen) atoms. The lowest BCUT2D eigenvalue weighted by atomic mass is 10.2. The van der Waals surface area contributed by atoms with Gasteiger partial charge in [0.25, 0.3) is 5.91 Å². The van der Waals surface area contributed by atoms with Crippen molar-refractivity contribution in [1.82, 2.24) is 4.31 Å². The maximum Gasteiger partial charge on any atom is 0.351 e. The smallest absolute Gasteiger partial charge is 0.351 e. The molecule has 9 nitrogen and oxygen atoms in total. The molecule has 0 radical (unpaired) electrons. The predicted molar refractivity (Wildman–Crippen MR) is 115 cm³/mol. The van der Waals surface area contributed by atoms with Crippen molar-refractivity contribution < 1.29 is 32.2 Å². The van der Waals surface area contributed by atoms with Gasteiger partial charge in [-0.15, -0.1) is 0 Å². The highest BCUT2D eigenvalue weighted by Gasteiger charge is 2.29. The Morgan fingerprint density at radius 3 is 2.56 bits per heavy atom. The molecular weight excluding hydrogens is 436 g/mol. The molecule has 1 saturated heterocycles. The number of amides is 1. The quantitative estimate of drug-likeness (QED) is 0.658. The summed E-state index contributed by atoms with van der Waals surface area (Å²) in [5.41, 5.74) is 0.301. The summed E-state index contributed by atoms with van der Waals surface area (Å²) in [5.74, 6) is -0.357. The first-order valence-corrected chi connectivity index (χ1v) is 11.8. The number of benzene rings is 2. The van der Waals surface area contributed by atoms with E-state index in [4.69, 9.17) is 14.2 Å². The van der Waals surface area contributed by atoms with E-state index in [1.807, 2.05) is 0 Å². The number of nitrogens with one attached hydrogen (secondary N) is 1. The standard InChI is InChI=1S/C22H24N2O7S/c25-21(15-30-22(26)20-14-29-18-9-2-3-10-19(18)31-20)23-16-7-6-8-17(13-16)32(27,28)24-11-4-1-5-12-24/h2-3,6-10,13,20H,1,4-5,11-12,14-15H2,(H,23,25)/t20-/m0/s1. The van der Waals surface area contributed by atoms with Gasteiger partial charge in [-0.05, 0) is 43.2 Å². The number of fused-ring (bicyclic) bond motifs is 1. The second-order valence-corrected chi connectivity index (χ2v) is 9.45. The molecule has 0 aliphatic carbocycles. The van der Waals surface area contributed by atoms with Crippen molar-refractivity contribution in [1.29, 1.82) is 0 Å². The highest BCUT2D eigenvalue weighted by Crippen LogP contribution is 2.31. The SMILES string of the molecule is O=C(COC(=O)[C@@H]1COc2ccccc2O1)Nc1cccc(S(=O)(=O)N2CCCCC2)c1. The number of piperidine rings is 1. The summed E-state index contributed by atoms with van der Waals surface area (Å²) < 4.78 is 43.2. The van der Waals surface area contributed by atoms with Gasteiger partial charge in [-0.2, -0.15) is 4.31 Å². The predicted octanol–water partition coefficient (Wildman–Crippen LogP) is 2.18. The van der Waals surface area contributed by atoms with Crippen molar-refractivity contribution in [2.45, 2.75) is 30.3 Å². The molecule has 1 amide bonds. The van der Waals surface area contributed by atoms with E-state index in [-0.39, 0.29) is 11.5 Å². The number of rotatable bonds is 6. The maximum absolute atomic E-state index is 12.8. The van der Waals surface area contributed by atoms with E-state index in [1.54, 1.807) is 36.4 Å². The number of nitrogens with zero attached hydrogens (tertiary/aromatic N) is 1. The van der Waals surface area contributed by atoms with Crippen LogP contribution in [-0.4, -0.2) is 57.0 Å². The van der Waals surface area contributed by atoms with E-state index < -0.39 is 34.6 Å². The Morgan fingerprint density at radius 2 is 1.78 bits per heavy atom. The summed E-state index contributed by atoms with van der Waals surface area (Å²) in [4.78, 5) is 24.6. The van der Waals surface area contributed by atoms with Gasteiger partial charge in [0, 0.05) is 18.8 Å². The summed E-state index contributed by atoms with van der Waals surface area (Å²) in [6, 6.07) is 13.0. The van der Waals surface area contributed by atoms with Crippen LogP contribution in [0.2, 0.25) is 0 Å². The van der Waals surface area contributed by atoms with Crippen LogP contribution in [0.3, 0.4) is 0 Å². The Morgan fingerprint density at radius 1 is 1.03 bits per heavy atom. The van der Waals surface area contributed by atoms with Crippen LogP contribution in [0.5, 0.6) is 11.5 Å². The van der Waals surface area contributed by atoms with Gasteiger partial charge in [0.2, 0.25) is 16.1 Å². The minimum atomic E-state index is -3.62. The van der Waals surface area contributed by atoms with E-state index in [1.165, 1.54) is 16.4 Å². The third kappa shape index (κ3) is 5.03. The molecule has 170 valence electrons. The third-order valence-corrected chi connectivity index (χ3v) is 7.08. The first-order valence-electron chi connectivity index (χ1n) is 10.4. The summed E-state index contributed by atoms with van der Waals surface area (Å²) in [7, 11) is -3.62. The van der Waals surface area contributed by atoms with Gasteiger partial charge in [0.1, 0.15) is 6.61 Å². The average Bonchev–Trinajstić information content (AvgIpc) is 2.83. The van der Waals surface area contributed by atoms with Crippen LogP contribution in [0.15, 0.2) is 53.4 Å². The number of para-hydroxylation sites is 2. The largest absolute Gasteiger partial charge is 0.485 e. The Balaban J connectivity index is 1.32. The van der Waals surface area contributed by atoms with Crippen molar-refractivity contribution in [3.05, 3.63) is 48.5 Å². The summed E-state index contributed by atoms with van der Waals surface area (Å²) in [6.07, 6.45) is 1.71. The molecule has 1 fully saturated rings. The van der Waals surface area contributed by atoms with Crippen LogP contribution in [0, 0.1) is 0 Å². The van der Waals surface area contributed by atoms with E-state index in [0.29, 0.717) is 30.3 Å². The lowest BCUT2D eigenvalue weighted by molar-refractivity contribution is -0.156. The number of esters is 1. The lowest BCUT2D eigenvalue weighted by Crippen LogP contribution is -2.39. The minimum absolute atomic E-state index is 0.0200. The number of hydrogen-bond donors (Lipinski definition) is 1. The monoisotopic (exact) mass is 460 g/mol. The lowest BCUT2D eigenvalue weighted by Gasteiger charge is -2.26. The summed E-state index contributed by atoms with van der Waals surface area (Å²) in [5, 5.41) is 2.56. The molecule has 1 N–H and O–H groups in total. The van der Waals surface area contributed by atoms with Crippen molar-refractivity contribution in [2.24, 2.45) is 0 Å². The molecule has 1 atom stereocenters. The Hall–Kier alpha value is -3.11. The molecule has 4 rings (SSSR count). The number of carbonyl (C=O) groups is 2. The second kappa shape index (κ2) is 9.58. The summed E-state index contributed by atoms with van der Waals surface area (Å²) in [6.45, 7) is 0.426. The highest BCUT2D eigenvalue weighted by atomic mass is 32.2. The van der Waals surface area contributed by atoms with Crippen molar-refractivity contribution in [3.63, 3.8) is 0 Å². The molecule has 10 heteroatoms. The Bertz CT molecular complexity index is 1100. The molecule has 2 aromatic rings. The van der Waals surface area contributed by atoms with Gasteiger partial charge in [0.05, 0.1) is 4.90 Å². The van der Waals surface area contributed by atoms with Gasteiger partial charge >= 0.3 is 5.97 Å². The van der Waals surface area contributed by atoms with Crippen LogP contribution >= 0.6 is 0 Å². The number of carbonyl (C=O) groups excluding carboxylic acids is 2. The van der Waals surface area contributed by atoms with Gasteiger partial charge in [-0.1, -0.05) is 24.6 Å². The van der Waals surface area contributed by atoms with E-state index in [0.717, 1.165) is 19.3 Å². The molecule has 2 heterocycles. The zero-order valence-electron chi connectivity index (χ0n) is 17.4. The van der Waals surface area contributed by atoms with E-state index in [9.17, 15) is 18.0 Å². The number of anilines is 1. The van der Waals surface area contributed by atoms with Crippen molar-refractivity contribution in [2.75, 3.05) is 31.6 Å². The van der Waals surface area contributed by atoms with Crippen LogP contribution in [0.25, 0.3) is 0 Å². The van der Waals surface area contributed by atoms with Crippen LogP contribution in [-0.2, 0) is 24.3 Å². The van der Waals surface area contributed by atoms with Crippen LogP contribution in [0.4, 0.5) is 5.69 Å². The Labute approximate surface area is 186 Å². The second-order valence-electron chi connectivity index (χ2n) is 7.51. The van der Waals surface area contributed by atoms with Crippen LogP contribution < -0.4 is 14.8 Å². The number of ether oxygens (including phenoxy) is 3. The molecule has 0 bridgehead atoms. The Kier molecular flexibility index (Phi) is 6.61. The fraction of sp³-hybridized carbons (Fsp3) is 0.364. The van der Waals surface area contributed by atoms with Gasteiger partial charge in [-0.3, -0.25) is 4.79 Å². The molecular formula is C22H24N2O7S. The molecule has 0 saturated carbocycles. The molecule has 2 aliphatic heterocycles. The maximum atomic E-state index is 12.8. The topological polar surface area (TPSA) is 111 Å². The fourth-order valence-electron chi connectivity index (χ4n) is 3.55. The summed E-state index contributed by atoms with van der Waals surface area (Å²) >= 11 is 0. The zero-order chi connectivity index (χ0) is 22.6. The zero-order valence-corrected chi connectivity index (χ0v) is 18.2. The van der Waals surface area contributed by atoms with E-state index in [2.05, 4.69) is 5.32 Å². The third-order valence-electron chi connectivity index (χ3n) is 5.19. The number of hydrogen-bond acceptors (Lipinski definition) is 7. The van der Waals surface area contributed by atoms with Gasteiger partial charge in [-0.25, -0.2) is 13.2 Å². The van der Waals surface area contributed by atoms with Crippen molar-refractivity contribution >= 4 is 27.6 Å². The van der Waals surface area contributed by atoms with Crippen molar-refractivity contribution in [3.8, 4) is 11.5 Å². The normalized spacial score (nSPS) is 18.6. The average molecular weight is 461 g/mol.